The number of nitrogens with one attached hydrogen (secondary N) is 1. The topological polar surface area (TPSA) is 51.5 Å². The van der Waals surface area contributed by atoms with Crippen molar-refractivity contribution in [2.24, 2.45) is 0 Å². The van der Waals surface area contributed by atoms with Crippen LogP contribution in [0.25, 0.3) is 16.9 Å². The van der Waals surface area contributed by atoms with Crippen molar-refractivity contribution in [2.75, 3.05) is 7.11 Å². The first-order valence-electron chi connectivity index (χ1n) is 8.10. The largest absolute Gasteiger partial charge is 0.497 e. The van der Waals surface area contributed by atoms with E-state index in [0.717, 1.165) is 29.1 Å². The number of benzene rings is 1. The van der Waals surface area contributed by atoms with Gasteiger partial charge in [0.25, 0.3) is 0 Å². The lowest BCUT2D eigenvalue weighted by Gasteiger charge is -2.24. The fourth-order valence-electron chi connectivity index (χ4n) is 3.85. The molecule has 2 aliphatic rings. The summed E-state index contributed by atoms with van der Waals surface area (Å²) in [5.41, 5.74) is 5.61. The summed E-state index contributed by atoms with van der Waals surface area (Å²) in [5.74, 6) is 0.857. The third-order valence-electron chi connectivity index (χ3n) is 5.06. The van der Waals surface area contributed by atoms with Gasteiger partial charge in [-0.15, -0.1) is 0 Å². The minimum atomic E-state index is 0.453. The summed E-state index contributed by atoms with van der Waals surface area (Å²) >= 11 is 0. The number of methoxy groups -OCH3 is 1. The number of hydrogen-bond donors (Lipinski definition) is 1. The maximum Gasteiger partial charge on any atom is 0.155 e. The minimum Gasteiger partial charge on any atom is -0.497 e. The first-order valence-corrected chi connectivity index (χ1v) is 8.10. The van der Waals surface area contributed by atoms with Crippen LogP contribution in [-0.2, 0) is 6.42 Å². The van der Waals surface area contributed by atoms with E-state index < -0.39 is 0 Å². The Kier molecular flexibility index (Phi) is 2.73. The SMILES string of the molecule is COc1ccc(-c2cc3ncc4c(n3n2)C[C@@H]2CC[C@@H]4N2)cc1. The molecule has 2 aliphatic heterocycles. The van der Waals surface area contributed by atoms with Crippen LogP contribution in [0.2, 0.25) is 0 Å². The van der Waals surface area contributed by atoms with Gasteiger partial charge < -0.3 is 10.1 Å². The molecular weight excluding hydrogens is 288 g/mol. The predicted octanol–water partition coefficient (Wildman–Crippen LogP) is 2.75. The van der Waals surface area contributed by atoms with Crippen LogP contribution in [-0.4, -0.2) is 27.7 Å². The maximum atomic E-state index is 5.22. The average Bonchev–Trinajstić information content (AvgIpc) is 3.20. The molecule has 0 spiro atoms. The second-order valence-corrected chi connectivity index (χ2v) is 6.39. The van der Waals surface area contributed by atoms with Gasteiger partial charge in [0.15, 0.2) is 5.65 Å². The highest BCUT2D eigenvalue weighted by Crippen LogP contribution is 2.36. The zero-order valence-corrected chi connectivity index (χ0v) is 13.0. The summed E-state index contributed by atoms with van der Waals surface area (Å²) in [6.07, 6.45) is 5.52. The van der Waals surface area contributed by atoms with E-state index in [-0.39, 0.29) is 0 Å². The Morgan fingerprint density at radius 2 is 2.09 bits per heavy atom. The van der Waals surface area contributed by atoms with Crippen molar-refractivity contribution in [2.45, 2.75) is 31.3 Å². The normalized spacial score (nSPS) is 22.3. The van der Waals surface area contributed by atoms with Crippen LogP contribution < -0.4 is 10.1 Å². The zero-order valence-electron chi connectivity index (χ0n) is 13.0. The van der Waals surface area contributed by atoms with Crippen molar-refractivity contribution in [3.8, 4) is 17.0 Å². The molecule has 3 aromatic rings. The first kappa shape index (κ1) is 13.1. The molecule has 5 rings (SSSR count). The highest BCUT2D eigenvalue weighted by atomic mass is 16.5. The Morgan fingerprint density at radius 3 is 2.91 bits per heavy atom. The number of fused-ring (bicyclic) bond motifs is 6. The highest BCUT2D eigenvalue weighted by molar-refractivity contribution is 5.65. The van der Waals surface area contributed by atoms with E-state index in [0.29, 0.717) is 12.1 Å². The zero-order chi connectivity index (χ0) is 15.4. The van der Waals surface area contributed by atoms with Gasteiger partial charge in [0.1, 0.15) is 5.75 Å². The van der Waals surface area contributed by atoms with Crippen LogP contribution in [0, 0.1) is 0 Å². The predicted molar refractivity (Wildman–Crippen MR) is 87.6 cm³/mol. The molecule has 2 aromatic heterocycles. The van der Waals surface area contributed by atoms with Gasteiger partial charge in [-0.05, 0) is 37.1 Å². The van der Waals surface area contributed by atoms with Crippen LogP contribution in [0.15, 0.2) is 36.5 Å². The summed E-state index contributed by atoms with van der Waals surface area (Å²) in [4.78, 5) is 4.63. The van der Waals surface area contributed by atoms with Crippen LogP contribution in [0.4, 0.5) is 0 Å². The van der Waals surface area contributed by atoms with Crippen LogP contribution in [0.5, 0.6) is 5.75 Å². The van der Waals surface area contributed by atoms with E-state index in [9.17, 15) is 0 Å². The van der Waals surface area contributed by atoms with Crippen molar-refractivity contribution in [3.05, 3.63) is 47.8 Å². The molecule has 1 saturated heterocycles. The smallest absolute Gasteiger partial charge is 0.155 e. The maximum absolute atomic E-state index is 5.22. The van der Waals surface area contributed by atoms with E-state index in [4.69, 9.17) is 9.84 Å². The number of nitrogens with zero attached hydrogens (tertiary/aromatic N) is 3. The molecule has 0 aliphatic carbocycles. The van der Waals surface area contributed by atoms with Crippen LogP contribution >= 0.6 is 0 Å². The lowest BCUT2D eigenvalue weighted by Crippen LogP contribution is -2.33. The monoisotopic (exact) mass is 306 g/mol. The van der Waals surface area contributed by atoms with E-state index in [1.165, 1.54) is 24.1 Å². The molecule has 0 radical (unpaired) electrons. The van der Waals surface area contributed by atoms with Crippen LogP contribution in [0.1, 0.15) is 30.1 Å². The van der Waals surface area contributed by atoms with Gasteiger partial charge in [-0.25, -0.2) is 9.50 Å². The lowest BCUT2D eigenvalue weighted by molar-refractivity contribution is 0.415. The number of aromatic nitrogens is 3. The summed E-state index contributed by atoms with van der Waals surface area (Å²) in [6.45, 7) is 0. The van der Waals surface area contributed by atoms with Gasteiger partial charge in [0.2, 0.25) is 0 Å². The summed E-state index contributed by atoms with van der Waals surface area (Å²) < 4.78 is 7.27. The summed E-state index contributed by atoms with van der Waals surface area (Å²) in [6, 6.07) is 11.1. The Labute approximate surface area is 134 Å². The second kappa shape index (κ2) is 4.80. The fourth-order valence-corrected chi connectivity index (χ4v) is 3.85. The molecule has 1 aromatic carbocycles. The molecule has 0 unspecified atom stereocenters. The van der Waals surface area contributed by atoms with E-state index in [2.05, 4.69) is 16.4 Å². The Morgan fingerprint density at radius 1 is 1.22 bits per heavy atom. The molecule has 2 bridgehead atoms. The molecule has 5 heteroatoms. The number of hydrogen-bond acceptors (Lipinski definition) is 4. The van der Waals surface area contributed by atoms with E-state index in [1.807, 2.05) is 35.0 Å². The lowest BCUT2D eigenvalue weighted by atomic mass is 10.0. The average molecular weight is 306 g/mol. The third kappa shape index (κ3) is 1.96. The van der Waals surface area contributed by atoms with Gasteiger partial charge in [-0.3, -0.25) is 0 Å². The van der Waals surface area contributed by atoms with Crippen molar-refractivity contribution in [1.29, 1.82) is 0 Å². The van der Waals surface area contributed by atoms with Crippen molar-refractivity contribution in [3.63, 3.8) is 0 Å². The molecule has 23 heavy (non-hydrogen) atoms. The molecule has 0 amide bonds. The standard InChI is InChI=1S/C18H18N4O/c1-23-13-5-2-11(3-6-13)16-9-18-19-10-14-15-7-4-12(20-15)8-17(14)22(18)21-16/h2-3,5-6,9-10,12,15,20H,4,7-8H2,1H3/t12-,15-/m0/s1. The Hall–Kier alpha value is -2.40. The van der Waals surface area contributed by atoms with Crippen molar-refractivity contribution in [1.82, 2.24) is 19.9 Å². The number of ether oxygens (including phenoxy) is 1. The molecule has 1 N–H and O–H groups in total. The van der Waals surface area contributed by atoms with Gasteiger partial charge in [0.05, 0.1) is 18.5 Å². The second-order valence-electron chi connectivity index (χ2n) is 6.39. The van der Waals surface area contributed by atoms with Crippen molar-refractivity contribution >= 4 is 5.65 Å². The molecule has 116 valence electrons. The summed E-state index contributed by atoms with van der Waals surface area (Å²) in [5, 5.41) is 8.50. The molecule has 0 saturated carbocycles. The van der Waals surface area contributed by atoms with Gasteiger partial charge in [0, 0.05) is 41.9 Å². The summed E-state index contributed by atoms with van der Waals surface area (Å²) in [7, 11) is 1.68. The third-order valence-corrected chi connectivity index (χ3v) is 5.06. The Balaban J connectivity index is 1.63. The Bertz CT molecular complexity index is 884. The number of rotatable bonds is 2. The molecule has 1 fully saturated rings. The molecule has 4 heterocycles. The van der Waals surface area contributed by atoms with E-state index >= 15 is 0 Å². The van der Waals surface area contributed by atoms with E-state index in [1.54, 1.807) is 7.11 Å². The van der Waals surface area contributed by atoms with Crippen LogP contribution in [0.3, 0.4) is 0 Å². The quantitative estimate of drug-likeness (QED) is 0.791. The molecule has 2 atom stereocenters. The van der Waals surface area contributed by atoms with Gasteiger partial charge >= 0.3 is 0 Å². The minimum absolute atomic E-state index is 0.453. The fraction of sp³-hybridized carbons (Fsp3) is 0.333. The van der Waals surface area contributed by atoms with Gasteiger partial charge in [-0.2, -0.15) is 5.10 Å². The molecule has 5 nitrogen and oxygen atoms in total. The van der Waals surface area contributed by atoms with Crippen molar-refractivity contribution < 1.29 is 4.74 Å². The highest BCUT2D eigenvalue weighted by Gasteiger charge is 2.34. The molecular formula is C18H18N4O. The van der Waals surface area contributed by atoms with Gasteiger partial charge in [-0.1, -0.05) is 0 Å². The first-order chi connectivity index (χ1) is 11.3.